The van der Waals surface area contributed by atoms with Crippen molar-refractivity contribution in [1.29, 1.82) is 0 Å². The van der Waals surface area contributed by atoms with Gasteiger partial charge in [-0.3, -0.25) is 4.79 Å². The van der Waals surface area contributed by atoms with E-state index in [1.807, 2.05) is 0 Å². The predicted octanol–water partition coefficient (Wildman–Crippen LogP) is 4.43. The molecule has 8 heteroatoms. The SMILES string of the molecule is CCOc1cc(C=NNC(=O)c2ccccc2O)ccc1OC(=O)c1ccccc1Cl. The molecule has 0 aliphatic carbocycles. The Morgan fingerprint density at radius 2 is 1.74 bits per heavy atom. The van der Waals surface area contributed by atoms with Crippen LogP contribution in [0.1, 0.15) is 33.2 Å². The van der Waals surface area contributed by atoms with E-state index < -0.39 is 11.9 Å². The molecule has 0 saturated heterocycles. The first-order valence-electron chi connectivity index (χ1n) is 9.34. The van der Waals surface area contributed by atoms with Crippen molar-refractivity contribution >= 4 is 29.7 Å². The monoisotopic (exact) mass is 438 g/mol. The lowest BCUT2D eigenvalue weighted by molar-refractivity contribution is 0.0728. The van der Waals surface area contributed by atoms with Crippen LogP contribution in [0.15, 0.2) is 71.8 Å². The number of para-hydroxylation sites is 1. The molecule has 0 unspecified atom stereocenters. The number of hydrazone groups is 1. The third-order valence-corrected chi connectivity index (χ3v) is 4.42. The summed E-state index contributed by atoms with van der Waals surface area (Å²) in [6.45, 7) is 2.15. The summed E-state index contributed by atoms with van der Waals surface area (Å²) >= 11 is 6.05. The number of benzene rings is 3. The molecular formula is C23H19ClN2O5. The van der Waals surface area contributed by atoms with E-state index in [0.29, 0.717) is 17.9 Å². The Morgan fingerprint density at radius 1 is 1.03 bits per heavy atom. The third kappa shape index (κ3) is 5.61. The standard InChI is InChI=1S/C23H19ClN2O5/c1-2-30-21-13-15(14-25-26-22(28)17-8-4-6-10-19(17)27)11-12-20(21)31-23(29)16-7-3-5-9-18(16)24/h3-14,27H,2H2,1H3,(H,26,28). The van der Waals surface area contributed by atoms with Gasteiger partial charge in [0, 0.05) is 0 Å². The number of carbonyl (C=O) groups excluding carboxylic acids is 2. The van der Waals surface area contributed by atoms with E-state index >= 15 is 0 Å². The summed E-state index contributed by atoms with van der Waals surface area (Å²) in [5, 5.41) is 13.9. The first-order chi connectivity index (χ1) is 15.0. The summed E-state index contributed by atoms with van der Waals surface area (Å²) < 4.78 is 11.0. The first-order valence-corrected chi connectivity index (χ1v) is 9.72. The molecule has 0 fully saturated rings. The Kier molecular flexibility index (Phi) is 7.24. The molecule has 3 aromatic carbocycles. The lowest BCUT2D eigenvalue weighted by Crippen LogP contribution is -2.17. The number of hydrogen-bond acceptors (Lipinski definition) is 6. The molecule has 2 N–H and O–H groups in total. The van der Waals surface area contributed by atoms with E-state index in [2.05, 4.69) is 10.5 Å². The van der Waals surface area contributed by atoms with Gasteiger partial charge in [-0.05, 0) is 55.0 Å². The van der Waals surface area contributed by atoms with Gasteiger partial charge in [-0.25, -0.2) is 10.2 Å². The van der Waals surface area contributed by atoms with E-state index in [-0.39, 0.29) is 27.6 Å². The van der Waals surface area contributed by atoms with Crippen molar-refractivity contribution in [2.45, 2.75) is 6.92 Å². The molecule has 0 spiro atoms. The van der Waals surface area contributed by atoms with Crippen LogP contribution in [0.3, 0.4) is 0 Å². The lowest BCUT2D eigenvalue weighted by atomic mass is 10.2. The van der Waals surface area contributed by atoms with Crippen LogP contribution in [0.25, 0.3) is 0 Å². The lowest BCUT2D eigenvalue weighted by Gasteiger charge is -2.12. The number of amides is 1. The number of nitrogens with zero attached hydrogens (tertiary/aromatic N) is 1. The Bertz CT molecular complexity index is 1130. The summed E-state index contributed by atoms with van der Waals surface area (Å²) in [6.07, 6.45) is 1.40. The number of ether oxygens (including phenoxy) is 2. The van der Waals surface area contributed by atoms with E-state index in [0.717, 1.165) is 0 Å². The largest absolute Gasteiger partial charge is 0.507 e. The van der Waals surface area contributed by atoms with Crippen LogP contribution in [0.4, 0.5) is 0 Å². The van der Waals surface area contributed by atoms with Gasteiger partial charge in [-0.15, -0.1) is 0 Å². The molecule has 0 radical (unpaired) electrons. The summed E-state index contributed by atoms with van der Waals surface area (Å²) in [7, 11) is 0. The molecular weight excluding hydrogens is 420 g/mol. The van der Waals surface area contributed by atoms with Gasteiger partial charge in [0.15, 0.2) is 11.5 Å². The normalized spacial score (nSPS) is 10.6. The fourth-order valence-corrected chi connectivity index (χ4v) is 2.84. The predicted molar refractivity (Wildman–Crippen MR) is 117 cm³/mol. The van der Waals surface area contributed by atoms with Crippen LogP contribution in [-0.4, -0.2) is 29.8 Å². The van der Waals surface area contributed by atoms with Gasteiger partial charge >= 0.3 is 5.97 Å². The number of phenolic OH excluding ortho intramolecular Hbond substituents is 1. The van der Waals surface area contributed by atoms with Crippen LogP contribution < -0.4 is 14.9 Å². The van der Waals surface area contributed by atoms with E-state index in [1.54, 1.807) is 61.5 Å². The van der Waals surface area contributed by atoms with Crippen LogP contribution in [0.2, 0.25) is 5.02 Å². The van der Waals surface area contributed by atoms with Crippen LogP contribution >= 0.6 is 11.6 Å². The van der Waals surface area contributed by atoms with Crippen molar-refractivity contribution in [2.75, 3.05) is 6.61 Å². The Labute approximate surface area is 183 Å². The van der Waals surface area contributed by atoms with Crippen molar-refractivity contribution in [3.63, 3.8) is 0 Å². The highest BCUT2D eigenvalue weighted by Gasteiger charge is 2.15. The molecule has 0 saturated carbocycles. The average molecular weight is 439 g/mol. The zero-order valence-electron chi connectivity index (χ0n) is 16.5. The number of hydrogen-bond donors (Lipinski definition) is 2. The number of aromatic hydroxyl groups is 1. The van der Waals surface area contributed by atoms with Gasteiger partial charge in [0.1, 0.15) is 5.75 Å². The van der Waals surface area contributed by atoms with Crippen LogP contribution in [0.5, 0.6) is 17.2 Å². The minimum Gasteiger partial charge on any atom is -0.507 e. The highest BCUT2D eigenvalue weighted by Crippen LogP contribution is 2.29. The van der Waals surface area contributed by atoms with E-state index in [4.69, 9.17) is 21.1 Å². The minimum atomic E-state index is -0.608. The Balaban J connectivity index is 1.73. The van der Waals surface area contributed by atoms with Gasteiger partial charge in [0.05, 0.1) is 29.0 Å². The first kappa shape index (κ1) is 21.9. The zero-order valence-corrected chi connectivity index (χ0v) is 17.3. The van der Waals surface area contributed by atoms with Crippen molar-refractivity contribution in [2.24, 2.45) is 5.10 Å². The molecule has 3 aromatic rings. The second-order valence-electron chi connectivity index (χ2n) is 6.22. The molecule has 0 aliphatic heterocycles. The maximum Gasteiger partial charge on any atom is 0.345 e. The van der Waals surface area contributed by atoms with Gasteiger partial charge < -0.3 is 14.6 Å². The van der Waals surface area contributed by atoms with Crippen molar-refractivity contribution in [1.82, 2.24) is 5.43 Å². The summed E-state index contributed by atoms with van der Waals surface area (Å²) in [6, 6.07) is 17.6. The average Bonchev–Trinajstić information content (AvgIpc) is 2.76. The number of carbonyl (C=O) groups is 2. The molecule has 0 heterocycles. The van der Waals surface area contributed by atoms with E-state index in [9.17, 15) is 14.7 Å². The zero-order chi connectivity index (χ0) is 22.2. The molecule has 7 nitrogen and oxygen atoms in total. The van der Waals surface area contributed by atoms with Crippen molar-refractivity contribution in [3.8, 4) is 17.2 Å². The highest BCUT2D eigenvalue weighted by atomic mass is 35.5. The quantitative estimate of drug-likeness (QED) is 0.246. The van der Waals surface area contributed by atoms with Gasteiger partial charge in [0.25, 0.3) is 5.91 Å². The van der Waals surface area contributed by atoms with Gasteiger partial charge in [-0.2, -0.15) is 5.10 Å². The number of halogens is 1. The summed E-state index contributed by atoms with van der Waals surface area (Å²) in [4.78, 5) is 24.5. The Morgan fingerprint density at radius 3 is 2.45 bits per heavy atom. The van der Waals surface area contributed by atoms with Crippen LogP contribution in [0, 0.1) is 0 Å². The fourth-order valence-electron chi connectivity index (χ4n) is 2.63. The molecule has 158 valence electrons. The third-order valence-electron chi connectivity index (χ3n) is 4.09. The molecule has 3 rings (SSSR count). The fraction of sp³-hybridized carbons (Fsp3) is 0.0870. The van der Waals surface area contributed by atoms with Crippen LogP contribution in [-0.2, 0) is 0 Å². The second-order valence-corrected chi connectivity index (χ2v) is 6.63. The maximum absolute atomic E-state index is 12.4. The topological polar surface area (TPSA) is 97.2 Å². The molecule has 0 aromatic heterocycles. The van der Waals surface area contributed by atoms with Crippen molar-refractivity contribution in [3.05, 3.63) is 88.4 Å². The van der Waals surface area contributed by atoms with Gasteiger partial charge in [-0.1, -0.05) is 35.9 Å². The van der Waals surface area contributed by atoms with Gasteiger partial charge in [0.2, 0.25) is 0 Å². The molecule has 31 heavy (non-hydrogen) atoms. The number of nitrogens with one attached hydrogen (secondary N) is 1. The highest BCUT2D eigenvalue weighted by molar-refractivity contribution is 6.33. The maximum atomic E-state index is 12.4. The summed E-state index contributed by atoms with van der Waals surface area (Å²) in [5.74, 6) is -0.743. The number of phenols is 1. The number of esters is 1. The second kappa shape index (κ2) is 10.3. The molecule has 0 aliphatic rings. The molecule has 0 atom stereocenters. The smallest absolute Gasteiger partial charge is 0.345 e. The molecule has 1 amide bonds. The van der Waals surface area contributed by atoms with Crippen molar-refractivity contribution < 1.29 is 24.2 Å². The summed E-state index contributed by atoms with van der Waals surface area (Å²) in [5.41, 5.74) is 3.29. The molecule has 0 bridgehead atoms. The minimum absolute atomic E-state index is 0.108. The number of rotatable bonds is 7. The Hall–Kier alpha value is -3.84. The van der Waals surface area contributed by atoms with E-state index in [1.165, 1.54) is 18.3 Å².